The molecule has 1 aliphatic rings. The first-order valence-electron chi connectivity index (χ1n) is 8.69. The van der Waals surface area contributed by atoms with Gasteiger partial charge < -0.3 is 19.1 Å². The van der Waals surface area contributed by atoms with Gasteiger partial charge in [-0.25, -0.2) is 9.97 Å². The molecule has 1 aliphatic carbocycles. The third-order valence-corrected chi connectivity index (χ3v) is 6.25. The molecule has 1 aromatic heterocycles. The van der Waals surface area contributed by atoms with Crippen LogP contribution in [0, 0.1) is 0 Å². The van der Waals surface area contributed by atoms with Gasteiger partial charge in [-0.2, -0.15) is 0 Å². The van der Waals surface area contributed by atoms with Gasteiger partial charge in [-0.3, -0.25) is 4.57 Å². The zero-order valence-corrected chi connectivity index (χ0v) is 16.7. The molecule has 25 heavy (non-hydrogen) atoms. The molecule has 1 fully saturated rings. The van der Waals surface area contributed by atoms with E-state index >= 15 is 0 Å². The predicted molar refractivity (Wildman–Crippen MR) is 98.3 cm³/mol. The van der Waals surface area contributed by atoms with Crippen LogP contribution in [0.15, 0.2) is 6.07 Å². The van der Waals surface area contributed by atoms with E-state index in [2.05, 4.69) is 15.3 Å². The van der Waals surface area contributed by atoms with E-state index in [-0.39, 0.29) is 6.16 Å². The SMILES string of the molecule is CCOP(=O)(Cc1nc(Cl)cc(N[C@H]2CC[C@H](OC)CC2)n1)OCC. The van der Waals surface area contributed by atoms with E-state index in [1.807, 2.05) is 0 Å². The number of nitrogens with one attached hydrogen (secondary N) is 1. The molecule has 0 aliphatic heterocycles. The summed E-state index contributed by atoms with van der Waals surface area (Å²) in [6.07, 6.45) is 4.39. The quantitative estimate of drug-likeness (QED) is 0.497. The van der Waals surface area contributed by atoms with Crippen LogP contribution < -0.4 is 5.32 Å². The second-order valence-electron chi connectivity index (χ2n) is 5.95. The molecule has 1 saturated carbocycles. The van der Waals surface area contributed by atoms with Crippen molar-refractivity contribution in [2.75, 3.05) is 25.6 Å². The third-order valence-electron chi connectivity index (χ3n) is 4.09. The van der Waals surface area contributed by atoms with E-state index in [9.17, 15) is 4.57 Å². The summed E-state index contributed by atoms with van der Waals surface area (Å²) in [6.45, 7) is 4.14. The van der Waals surface area contributed by atoms with Crippen LogP contribution in [-0.4, -0.2) is 42.4 Å². The third kappa shape index (κ3) is 6.50. The Morgan fingerprint density at radius 2 is 1.84 bits per heavy atom. The molecular formula is C16H27ClN3O4P. The fourth-order valence-electron chi connectivity index (χ4n) is 2.96. The second kappa shape index (κ2) is 9.83. The van der Waals surface area contributed by atoms with Crippen LogP contribution in [-0.2, 0) is 24.5 Å². The predicted octanol–water partition coefficient (Wildman–Crippen LogP) is 4.27. The van der Waals surface area contributed by atoms with Crippen LogP contribution in [0.2, 0.25) is 5.15 Å². The first kappa shape index (κ1) is 20.6. The minimum Gasteiger partial charge on any atom is -0.381 e. The monoisotopic (exact) mass is 391 g/mol. The van der Waals surface area contributed by atoms with Gasteiger partial charge in [0, 0.05) is 19.2 Å². The highest BCUT2D eigenvalue weighted by atomic mass is 35.5. The molecule has 142 valence electrons. The molecule has 1 N–H and O–H groups in total. The van der Waals surface area contributed by atoms with E-state index in [0.717, 1.165) is 25.7 Å². The molecule has 0 bridgehead atoms. The first-order valence-corrected chi connectivity index (χ1v) is 10.8. The Labute approximate surface area is 154 Å². The second-order valence-corrected chi connectivity index (χ2v) is 8.39. The minimum atomic E-state index is -3.26. The molecule has 0 saturated heterocycles. The maximum Gasteiger partial charge on any atom is 0.338 e. The highest BCUT2D eigenvalue weighted by molar-refractivity contribution is 7.53. The van der Waals surface area contributed by atoms with Gasteiger partial charge in [0.05, 0.1) is 19.3 Å². The standard InChI is InChI=1S/C16H27ClN3O4P/c1-4-23-25(21,24-5-2)11-16-19-14(17)10-15(20-16)18-12-6-8-13(22-3)9-7-12/h10,12-13H,4-9,11H2,1-3H3,(H,18,19,20)/t12-,13-. The molecule has 1 heterocycles. The van der Waals surface area contributed by atoms with Crippen LogP contribution >= 0.6 is 19.2 Å². The molecule has 7 nitrogen and oxygen atoms in total. The van der Waals surface area contributed by atoms with Crippen LogP contribution in [0.5, 0.6) is 0 Å². The summed E-state index contributed by atoms with van der Waals surface area (Å²) in [6, 6.07) is 2.00. The van der Waals surface area contributed by atoms with Crippen molar-refractivity contribution in [2.24, 2.45) is 0 Å². The van der Waals surface area contributed by atoms with Crippen LogP contribution in [0.1, 0.15) is 45.4 Å². The summed E-state index contributed by atoms with van der Waals surface area (Å²) >= 11 is 6.11. The Balaban J connectivity index is 2.05. The molecule has 0 radical (unpaired) electrons. The molecule has 0 unspecified atom stereocenters. The average Bonchev–Trinajstić information content (AvgIpc) is 2.55. The number of methoxy groups -OCH3 is 1. The minimum absolute atomic E-state index is 0.000333. The van der Waals surface area contributed by atoms with E-state index < -0.39 is 7.60 Å². The number of aromatic nitrogens is 2. The Hall–Kier alpha value is -0.720. The van der Waals surface area contributed by atoms with Gasteiger partial charge in [0.25, 0.3) is 0 Å². The maximum absolute atomic E-state index is 12.7. The van der Waals surface area contributed by atoms with Crippen molar-refractivity contribution in [1.82, 2.24) is 9.97 Å². The summed E-state index contributed by atoms with van der Waals surface area (Å²) in [7, 11) is -1.51. The van der Waals surface area contributed by atoms with Gasteiger partial charge in [-0.15, -0.1) is 0 Å². The van der Waals surface area contributed by atoms with E-state index in [1.165, 1.54) is 0 Å². The fourth-order valence-corrected chi connectivity index (χ4v) is 4.69. The number of rotatable bonds is 9. The summed E-state index contributed by atoms with van der Waals surface area (Å²) in [4.78, 5) is 8.61. The van der Waals surface area contributed by atoms with Crippen molar-refractivity contribution in [3.8, 4) is 0 Å². The van der Waals surface area contributed by atoms with Crippen molar-refractivity contribution in [3.63, 3.8) is 0 Å². The van der Waals surface area contributed by atoms with Crippen molar-refractivity contribution in [1.29, 1.82) is 0 Å². The zero-order chi connectivity index (χ0) is 18.3. The molecule has 9 heteroatoms. The normalized spacial score (nSPS) is 21.3. The van der Waals surface area contributed by atoms with Gasteiger partial charge in [-0.1, -0.05) is 11.6 Å². The number of halogens is 1. The van der Waals surface area contributed by atoms with E-state index in [1.54, 1.807) is 27.0 Å². The average molecular weight is 392 g/mol. The van der Waals surface area contributed by atoms with Crippen molar-refractivity contribution >= 4 is 25.0 Å². The maximum atomic E-state index is 12.7. The number of ether oxygens (including phenoxy) is 1. The Bertz CT molecular complexity index is 587. The topological polar surface area (TPSA) is 82.6 Å². The lowest BCUT2D eigenvalue weighted by Gasteiger charge is -2.28. The van der Waals surface area contributed by atoms with Gasteiger partial charge in [0.2, 0.25) is 0 Å². The van der Waals surface area contributed by atoms with Crippen LogP contribution in [0.4, 0.5) is 5.82 Å². The highest BCUT2D eigenvalue weighted by Gasteiger charge is 2.27. The van der Waals surface area contributed by atoms with Gasteiger partial charge in [-0.05, 0) is 39.5 Å². The van der Waals surface area contributed by atoms with E-state index in [4.69, 9.17) is 25.4 Å². The lowest BCUT2D eigenvalue weighted by molar-refractivity contribution is 0.0681. The van der Waals surface area contributed by atoms with Crippen LogP contribution in [0.25, 0.3) is 0 Å². The van der Waals surface area contributed by atoms with E-state index in [0.29, 0.717) is 42.2 Å². The molecule has 0 spiro atoms. The first-order chi connectivity index (χ1) is 12.0. The molecule has 0 amide bonds. The van der Waals surface area contributed by atoms with Crippen molar-refractivity contribution in [2.45, 2.75) is 57.8 Å². The van der Waals surface area contributed by atoms with Crippen molar-refractivity contribution in [3.05, 3.63) is 17.0 Å². The number of hydrogen-bond donors (Lipinski definition) is 1. The summed E-state index contributed by atoms with van der Waals surface area (Å²) in [5.41, 5.74) is 0. The number of hydrogen-bond acceptors (Lipinski definition) is 7. The molecule has 0 atom stereocenters. The van der Waals surface area contributed by atoms with Gasteiger partial charge >= 0.3 is 7.60 Å². The van der Waals surface area contributed by atoms with Gasteiger partial charge in [0.15, 0.2) is 0 Å². The number of nitrogens with zero attached hydrogens (tertiary/aromatic N) is 2. The number of anilines is 1. The molecule has 1 aromatic rings. The smallest absolute Gasteiger partial charge is 0.338 e. The lowest BCUT2D eigenvalue weighted by Crippen LogP contribution is -2.29. The van der Waals surface area contributed by atoms with Crippen LogP contribution in [0.3, 0.4) is 0 Å². The summed E-state index contributed by atoms with van der Waals surface area (Å²) in [5.74, 6) is 0.987. The molecule has 2 rings (SSSR count). The Kier molecular flexibility index (Phi) is 8.10. The Morgan fingerprint density at radius 3 is 2.40 bits per heavy atom. The zero-order valence-electron chi connectivity index (χ0n) is 15.0. The molecular weight excluding hydrogens is 365 g/mol. The Morgan fingerprint density at radius 1 is 1.20 bits per heavy atom. The van der Waals surface area contributed by atoms with Crippen molar-refractivity contribution < 1.29 is 18.3 Å². The fraction of sp³-hybridized carbons (Fsp3) is 0.750. The lowest BCUT2D eigenvalue weighted by atomic mass is 9.93. The largest absolute Gasteiger partial charge is 0.381 e. The summed E-state index contributed by atoms with van der Waals surface area (Å²) in [5, 5.41) is 3.70. The molecule has 0 aromatic carbocycles. The van der Waals surface area contributed by atoms with Gasteiger partial charge in [0.1, 0.15) is 23.0 Å². The summed E-state index contributed by atoms with van der Waals surface area (Å²) < 4.78 is 28.7. The highest BCUT2D eigenvalue weighted by Crippen LogP contribution is 2.50.